The van der Waals surface area contributed by atoms with Crippen molar-refractivity contribution in [3.8, 4) is 0 Å². The molecule has 1 unspecified atom stereocenters. The molecule has 154 valence electrons. The minimum atomic E-state index is -0.607. The second kappa shape index (κ2) is 18.5. The Balaban J connectivity index is 3.52. The van der Waals surface area contributed by atoms with Crippen molar-refractivity contribution in [3.05, 3.63) is 0 Å². The summed E-state index contributed by atoms with van der Waals surface area (Å²) in [7, 11) is 1.29. The second-order valence-corrected chi connectivity index (χ2v) is 7.03. The Bertz CT molecular complexity index is 347. The molecule has 0 aromatic carbocycles. The number of unbranched alkanes of at least 4 members (excludes halogenated alkanes) is 11. The van der Waals surface area contributed by atoms with Gasteiger partial charge in [0.2, 0.25) is 0 Å². The van der Waals surface area contributed by atoms with Gasteiger partial charge in [-0.3, -0.25) is 0 Å². The maximum Gasteiger partial charge on any atom is 0.407 e. The van der Waals surface area contributed by atoms with Crippen molar-refractivity contribution in [2.24, 2.45) is 0 Å². The van der Waals surface area contributed by atoms with Crippen LogP contribution >= 0.6 is 0 Å². The molecule has 26 heavy (non-hydrogen) atoms. The molecule has 0 aromatic heterocycles. The molecule has 0 heterocycles. The first kappa shape index (κ1) is 24.7. The van der Waals surface area contributed by atoms with Crippen LogP contribution in [-0.4, -0.2) is 31.8 Å². The van der Waals surface area contributed by atoms with E-state index in [2.05, 4.69) is 17.0 Å². The molecular formula is C21H41NO4. The number of hydrogen-bond donors (Lipinski definition) is 1. The van der Waals surface area contributed by atoms with Crippen molar-refractivity contribution in [2.75, 3.05) is 13.7 Å². The summed E-state index contributed by atoms with van der Waals surface area (Å²) in [6.45, 7) is 4.65. The summed E-state index contributed by atoms with van der Waals surface area (Å²) < 4.78 is 9.83. The van der Waals surface area contributed by atoms with Gasteiger partial charge in [0.1, 0.15) is 6.04 Å². The Hall–Kier alpha value is -1.26. The minimum absolute atomic E-state index is 0.361. The Morgan fingerprint density at radius 1 is 0.769 bits per heavy atom. The van der Waals surface area contributed by atoms with E-state index in [1.807, 2.05) is 6.92 Å². The summed E-state index contributed by atoms with van der Waals surface area (Å²) in [5.41, 5.74) is 0. The van der Waals surface area contributed by atoms with Gasteiger partial charge in [0, 0.05) is 0 Å². The lowest BCUT2D eigenvalue weighted by Crippen LogP contribution is -2.41. The highest BCUT2D eigenvalue weighted by atomic mass is 16.5. The summed E-state index contributed by atoms with van der Waals surface area (Å²) in [5.74, 6) is -0.361. The molecule has 1 amide bonds. The molecule has 0 fully saturated rings. The average molecular weight is 372 g/mol. The first-order valence-corrected chi connectivity index (χ1v) is 10.7. The monoisotopic (exact) mass is 371 g/mol. The molecule has 0 aromatic rings. The first-order chi connectivity index (χ1) is 12.7. The summed E-state index contributed by atoms with van der Waals surface area (Å²) >= 11 is 0. The molecular weight excluding hydrogens is 330 g/mol. The third kappa shape index (κ3) is 15.0. The molecule has 0 rings (SSSR count). The number of carbonyl (C=O) groups is 2. The molecule has 0 bridgehead atoms. The van der Waals surface area contributed by atoms with Crippen LogP contribution in [0.25, 0.3) is 0 Å². The van der Waals surface area contributed by atoms with Crippen LogP contribution in [-0.2, 0) is 14.3 Å². The van der Waals surface area contributed by atoms with Crippen LogP contribution in [0.15, 0.2) is 0 Å². The zero-order valence-electron chi connectivity index (χ0n) is 17.3. The van der Waals surface area contributed by atoms with Crippen molar-refractivity contribution >= 4 is 12.1 Å². The zero-order chi connectivity index (χ0) is 19.5. The van der Waals surface area contributed by atoms with E-state index in [-0.39, 0.29) is 5.97 Å². The van der Waals surface area contributed by atoms with E-state index in [1.165, 1.54) is 71.3 Å². The molecule has 0 saturated heterocycles. The third-order valence-electron chi connectivity index (χ3n) is 4.58. The minimum Gasteiger partial charge on any atom is -0.464 e. The predicted molar refractivity (Wildman–Crippen MR) is 106 cm³/mol. The van der Waals surface area contributed by atoms with Crippen molar-refractivity contribution in [2.45, 2.75) is 110 Å². The number of amides is 1. The Kier molecular flexibility index (Phi) is 17.6. The number of ether oxygens (including phenoxy) is 2. The molecule has 0 aliphatic heterocycles. The molecule has 5 nitrogen and oxygen atoms in total. The Morgan fingerprint density at radius 3 is 1.73 bits per heavy atom. The second-order valence-electron chi connectivity index (χ2n) is 7.03. The van der Waals surface area contributed by atoms with Gasteiger partial charge >= 0.3 is 12.1 Å². The molecule has 0 saturated carbocycles. The molecule has 0 aliphatic rings. The van der Waals surface area contributed by atoms with E-state index in [0.29, 0.717) is 13.0 Å². The van der Waals surface area contributed by atoms with Crippen LogP contribution in [0.3, 0.4) is 0 Å². The Morgan fingerprint density at radius 2 is 1.27 bits per heavy atom. The maximum atomic E-state index is 12.0. The fraction of sp³-hybridized carbons (Fsp3) is 0.905. The topological polar surface area (TPSA) is 64.6 Å². The average Bonchev–Trinajstić information content (AvgIpc) is 2.64. The smallest absolute Gasteiger partial charge is 0.407 e. The summed E-state index contributed by atoms with van der Waals surface area (Å²) in [6.07, 6.45) is 16.1. The van der Waals surface area contributed by atoms with E-state index >= 15 is 0 Å². The summed E-state index contributed by atoms with van der Waals surface area (Å²) in [5, 5.41) is 2.53. The lowest BCUT2D eigenvalue weighted by Gasteiger charge is -2.16. The Labute approximate surface area is 160 Å². The van der Waals surface area contributed by atoms with Crippen LogP contribution in [0, 0.1) is 0 Å². The van der Waals surface area contributed by atoms with Crippen molar-refractivity contribution in [1.82, 2.24) is 5.32 Å². The van der Waals surface area contributed by atoms with Gasteiger partial charge in [-0.2, -0.15) is 0 Å². The van der Waals surface area contributed by atoms with Gasteiger partial charge in [-0.15, -0.1) is 0 Å². The lowest BCUT2D eigenvalue weighted by atomic mass is 10.1. The highest BCUT2D eigenvalue weighted by molar-refractivity contribution is 5.81. The van der Waals surface area contributed by atoms with E-state index in [1.54, 1.807) is 0 Å². The molecule has 1 atom stereocenters. The van der Waals surface area contributed by atoms with E-state index in [0.717, 1.165) is 19.3 Å². The van der Waals surface area contributed by atoms with Gasteiger partial charge in [-0.05, 0) is 12.8 Å². The summed E-state index contributed by atoms with van der Waals surface area (Å²) in [6, 6.07) is -0.607. The van der Waals surface area contributed by atoms with Gasteiger partial charge in [0.15, 0.2) is 0 Å². The highest BCUT2D eigenvalue weighted by Gasteiger charge is 2.21. The van der Waals surface area contributed by atoms with Gasteiger partial charge in [-0.25, -0.2) is 9.59 Å². The zero-order valence-corrected chi connectivity index (χ0v) is 17.3. The number of rotatable bonds is 17. The van der Waals surface area contributed by atoms with Crippen LogP contribution in [0.4, 0.5) is 4.79 Å². The number of hydrogen-bond acceptors (Lipinski definition) is 4. The van der Waals surface area contributed by atoms with E-state index < -0.39 is 12.1 Å². The van der Waals surface area contributed by atoms with Crippen LogP contribution < -0.4 is 5.32 Å². The van der Waals surface area contributed by atoms with Gasteiger partial charge < -0.3 is 14.8 Å². The maximum absolute atomic E-state index is 12.0. The van der Waals surface area contributed by atoms with Gasteiger partial charge in [0.05, 0.1) is 13.7 Å². The van der Waals surface area contributed by atoms with Gasteiger partial charge in [-0.1, -0.05) is 90.9 Å². The number of alkyl carbamates (subject to hydrolysis) is 1. The molecule has 0 aliphatic carbocycles. The summed E-state index contributed by atoms with van der Waals surface area (Å²) in [4.78, 5) is 23.2. The van der Waals surface area contributed by atoms with Gasteiger partial charge in [0.25, 0.3) is 0 Å². The molecule has 5 heteroatoms. The van der Waals surface area contributed by atoms with Crippen molar-refractivity contribution < 1.29 is 19.1 Å². The number of nitrogens with one attached hydrogen (secondary N) is 1. The van der Waals surface area contributed by atoms with Crippen molar-refractivity contribution in [3.63, 3.8) is 0 Å². The molecule has 0 radical (unpaired) electrons. The number of carbonyl (C=O) groups excluding carboxylic acids is 2. The van der Waals surface area contributed by atoms with Crippen LogP contribution in [0.5, 0.6) is 0 Å². The normalized spacial score (nSPS) is 11.8. The highest BCUT2D eigenvalue weighted by Crippen LogP contribution is 2.12. The fourth-order valence-corrected chi connectivity index (χ4v) is 2.96. The predicted octanol–water partition coefficient (Wildman–Crippen LogP) is 5.76. The van der Waals surface area contributed by atoms with E-state index in [4.69, 9.17) is 4.74 Å². The SMILES string of the molecule is CCCCCCCCCCCCCCOC(=O)C(CCC)NC(=O)OC. The molecule has 0 spiro atoms. The van der Waals surface area contributed by atoms with Crippen molar-refractivity contribution in [1.29, 1.82) is 0 Å². The number of methoxy groups -OCH3 is 1. The first-order valence-electron chi connectivity index (χ1n) is 10.7. The third-order valence-corrected chi connectivity index (χ3v) is 4.58. The van der Waals surface area contributed by atoms with E-state index in [9.17, 15) is 9.59 Å². The largest absolute Gasteiger partial charge is 0.464 e. The fourth-order valence-electron chi connectivity index (χ4n) is 2.96. The van der Waals surface area contributed by atoms with Crippen LogP contribution in [0.2, 0.25) is 0 Å². The quantitative estimate of drug-likeness (QED) is 0.261. The lowest BCUT2D eigenvalue weighted by molar-refractivity contribution is -0.146. The van der Waals surface area contributed by atoms with Crippen LogP contribution in [0.1, 0.15) is 104 Å². The molecule has 1 N–H and O–H groups in total. The number of esters is 1. The standard InChI is InChI=1S/C21H41NO4/c1-4-6-7-8-9-10-11-12-13-14-15-16-18-26-20(23)19(17-5-2)22-21(24)25-3/h19H,4-18H2,1-3H3,(H,22,24).